The van der Waals surface area contributed by atoms with Crippen molar-refractivity contribution in [2.75, 3.05) is 14.2 Å². The van der Waals surface area contributed by atoms with Gasteiger partial charge in [0, 0.05) is 6.42 Å². The highest BCUT2D eigenvalue weighted by Crippen LogP contribution is 2.37. The number of ether oxygens (including phenoxy) is 3. The standard InChI is InChI=1S/C26H26O4/c1-28-22-12-6-19(7-13-22)20-8-14-24-21(17-20)9-15-25(24)30-23-10-3-18(4-11-23)5-16-26(27)29-2/h3-4,6-8,10-14,17,25H,5,9,15-16H2,1-2H3. The third-order valence-electron chi connectivity index (χ3n) is 5.64. The highest BCUT2D eigenvalue weighted by molar-refractivity contribution is 5.69. The molecule has 3 aromatic rings. The molecule has 0 saturated carbocycles. The molecule has 0 radical (unpaired) electrons. The maximum absolute atomic E-state index is 11.3. The second-order valence-electron chi connectivity index (χ2n) is 7.51. The average Bonchev–Trinajstić information content (AvgIpc) is 3.20. The monoisotopic (exact) mass is 402 g/mol. The molecule has 0 fully saturated rings. The van der Waals surface area contributed by atoms with Gasteiger partial charge >= 0.3 is 5.97 Å². The summed E-state index contributed by atoms with van der Waals surface area (Å²) in [6.45, 7) is 0. The molecule has 0 bridgehead atoms. The summed E-state index contributed by atoms with van der Waals surface area (Å²) < 4.78 is 16.2. The summed E-state index contributed by atoms with van der Waals surface area (Å²) in [6.07, 6.45) is 3.13. The highest BCUT2D eigenvalue weighted by Gasteiger charge is 2.24. The quantitative estimate of drug-likeness (QED) is 0.487. The average molecular weight is 402 g/mol. The van der Waals surface area contributed by atoms with Gasteiger partial charge in [0.15, 0.2) is 0 Å². The van der Waals surface area contributed by atoms with Gasteiger partial charge in [-0.1, -0.05) is 42.5 Å². The van der Waals surface area contributed by atoms with Gasteiger partial charge in [0.2, 0.25) is 0 Å². The van der Waals surface area contributed by atoms with Crippen LogP contribution >= 0.6 is 0 Å². The second-order valence-corrected chi connectivity index (χ2v) is 7.51. The SMILES string of the molecule is COC(=O)CCc1ccc(OC2CCc3cc(-c4ccc(OC)cc4)ccc32)cc1. The molecule has 4 rings (SSSR count). The van der Waals surface area contributed by atoms with Crippen LogP contribution in [0.15, 0.2) is 66.7 Å². The van der Waals surface area contributed by atoms with Crippen molar-refractivity contribution in [1.29, 1.82) is 0 Å². The fourth-order valence-electron chi connectivity index (χ4n) is 3.91. The minimum Gasteiger partial charge on any atom is -0.497 e. The van der Waals surface area contributed by atoms with Crippen molar-refractivity contribution in [3.05, 3.63) is 83.4 Å². The van der Waals surface area contributed by atoms with Crippen molar-refractivity contribution < 1.29 is 19.0 Å². The molecule has 30 heavy (non-hydrogen) atoms. The number of benzene rings is 3. The minimum absolute atomic E-state index is 0.0748. The maximum Gasteiger partial charge on any atom is 0.305 e. The van der Waals surface area contributed by atoms with Crippen molar-refractivity contribution in [3.8, 4) is 22.6 Å². The number of methoxy groups -OCH3 is 2. The van der Waals surface area contributed by atoms with Gasteiger partial charge in [0.25, 0.3) is 0 Å². The van der Waals surface area contributed by atoms with Crippen molar-refractivity contribution >= 4 is 5.97 Å². The minimum atomic E-state index is -0.188. The van der Waals surface area contributed by atoms with Crippen molar-refractivity contribution in [1.82, 2.24) is 0 Å². The van der Waals surface area contributed by atoms with Crippen LogP contribution in [0.5, 0.6) is 11.5 Å². The van der Waals surface area contributed by atoms with Crippen LogP contribution in [-0.2, 0) is 22.4 Å². The van der Waals surface area contributed by atoms with Gasteiger partial charge in [-0.3, -0.25) is 4.79 Å². The number of rotatable bonds is 7. The lowest BCUT2D eigenvalue weighted by molar-refractivity contribution is -0.140. The summed E-state index contributed by atoms with van der Waals surface area (Å²) >= 11 is 0. The van der Waals surface area contributed by atoms with Crippen LogP contribution in [0.25, 0.3) is 11.1 Å². The van der Waals surface area contributed by atoms with E-state index in [1.165, 1.54) is 29.4 Å². The van der Waals surface area contributed by atoms with Crippen molar-refractivity contribution in [3.63, 3.8) is 0 Å². The van der Waals surface area contributed by atoms with E-state index < -0.39 is 0 Å². The molecule has 0 spiro atoms. The number of hydrogen-bond donors (Lipinski definition) is 0. The Morgan fingerprint density at radius 3 is 2.30 bits per heavy atom. The maximum atomic E-state index is 11.3. The Morgan fingerprint density at radius 2 is 1.60 bits per heavy atom. The fraction of sp³-hybridized carbons (Fsp3) is 0.269. The molecule has 1 aliphatic carbocycles. The van der Waals surface area contributed by atoms with Gasteiger partial charge in [-0.15, -0.1) is 0 Å². The molecule has 0 amide bonds. The predicted molar refractivity (Wildman–Crippen MR) is 117 cm³/mol. The van der Waals surface area contributed by atoms with Crippen molar-refractivity contribution in [2.45, 2.75) is 31.8 Å². The molecule has 0 heterocycles. The zero-order chi connectivity index (χ0) is 20.9. The molecular formula is C26H26O4. The van der Waals surface area contributed by atoms with E-state index >= 15 is 0 Å². The molecule has 1 unspecified atom stereocenters. The first-order valence-corrected chi connectivity index (χ1v) is 10.3. The highest BCUT2D eigenvalue weighted by atomic mass is 16.5. The van der Waals surface area contributed by atoms with Crippen LogP contribution in [0.2, 0.25) is 0 Å². The third kappa shape index (κ3) is 4.48. The molecule has 4 heteroatoms. The van der Waals surface area contributed by atoms with Gasteiger partial charge in [-0.05, 0) is 71.3 Å². The van der Waals surface area contributed by atoms with E-state index in [0.717, 1.165) is 29.9 Å². The van der Waals surface area contributed by atoms with Gasteiger partial charge < -0.3 is 14.2 Å². The number of carbonyl (C=O) groups excluding carboxylic acids is 1. The van der Waals surface area contributed by atoms with Gasteiger partial charge in [-0.2, -0.15) is 0 Å². The number of carbonyl (C=O) groups is 1. The lowest BCUT2D eigenvalue weighted by Crippen LogP contribution is -2.04. The van der Waals surface area contributed by atoms with E-state index in [-0.39, 0.29) is 12.1 Å². The van der Waals surface area contributed by atoms with Crippen LogP contribution in [0, 0.1) is 0 Å². The van der Waals surface area contributed by atoms with Crippen LogP contribution in [0.1, 0.15) is 35.6 Å². The molecule has 0 saturated heterocycles. The van der Waals surface area contributed by atoms with Crippen molar-refractivity contribution in [2.24, 2.45) is 0 Å². The number of fused-ring (bicyclic) bond motifs is 1. The number of hydrogen-bond acceptors (Lipinski definition) is 4. The Morgan fingerprint density at radius 1 is 0.900 bits per heavy atom. The zero-order valence-electron chi connectivity index (χ0n) is 17.4. The van der Waals surface area contributed by atoms with E-state index in [4.69, 9.17) is 14.2 Å². The summed E-state index contributed by atoms with van der Waals surface area (Å²) in [6, 6.07) is 22.8. The lowest BCUT2D eigenvalue weighted by Gasteiger charge is -2.16. The molecule has 1 aliphatic rings. The molecule has 0 aliphatic heterocycles. The second kappa shape index (κ2) is 9.04. The van der Waals surface area contributed by atoms with Crippen LogP contribution in [0.4, 0.5) is 0 Å². The summed E-state index contributed by atoms with van der Waals surface area (Å²) in [5.41, 5.74) is 6.12. The van der Waals surface area contributed by atoms with E-state index in [0.29, 0.717) is 12.8 Å². The smallest absolute Gasteiger partial charge is 0.305 e. The Labute approximate surface area is 177 Å². The third-order valence-corrected chi connectivity index (χ3v) is 5.64. The molecule has 0 aromatic heterocycles. The number of esters is 1. The topological polar surface area (TPSA) is 44.8 Å². The first kappa shape index (κ1) is 20.0. The molecule has 1 atom stereocenters. The Hall–Kier alpha value is -3.27. The predicted octanol–water partition coefficient (Wildman–Crippen LogP) is 5.53. The Balaban J connectivity index is 1.42. The van der Waals surface area contributed by atoms with Crippen LogP contribution < -0.4 is 9.47 Å². The summed E-state index contributed by atoms with van der Waals surface area (Å²) in [7, 11) is 3.10. The fourth-order valence-corrected chi connectivity index (χ4v) is 3.91. The summed E-state index contributed by atoms with van der Waals surface area (Å²) in [5.74, 6) is 1.53. The van der Waals surface area contributed by atoms with Gasteiger partial charge in [-0.25, -0.2) is 0 Å². The van der Waals surface area contributed by atoms with E-state index in [2.05, 4.69) is 30.3 Å². The molecule has 4 nitrogen and oxygen atoms in total. The Bertz CT molecular complexity index is 1010. The summed E-state index contributed by atoms with van der Waals surface area (Å²) in [4.78, 5) is 11.3. The first-order chi connectivity index (χ1) is 14.7. The normalized spacial score (nSPS) is 14.8. The van der Waals surface area contributed by atoms with E-state index in [9.17, 15) is 4.79 Å². The van der Waals surface area contributed by atoms with Gasteiger partial charge in [0.1, 0.15) is 17.6 Å². The first-order valence-electron chi connectivity index (χ1n) is 10.3. The van der Waals surface area contributed by atoms with Crippen LogP contribution in [0.3, 0.4) is 0 Å². The van der Waals surface area contributed by atoms with Gasteiger partial charge in [0.05, 0.1) is 14.2 Å². The molecule has 154 valence electrons. The Kier molecular flexibility index (Phi) is 6.03. The van der Waals surface area contributed by atoms with E-state index in [1.54, 1.807) is 7.11 Å². The van der Waals surface area contributed by atoms with E-state index in [1.807, 2.05) is 36.4 Å². The summed E-state index contributed by atoms with van der Waals surface area (Å²) in [5, 5.41) is 0. The van der Waals surface area contributed by atoms with Crippen LogP contribution in [-0.4, -0.2) is 20.2 Å². The molecule has 3 aromatic carbocycles. The lowest BCUT2D eigenvalue weighted by atomic mass is 10.00. The molecule has 0 N–H and O–H groups in total. The number of aryl methyl sites for hydroxylation is 2. The zero-order valence-corrected chi connectivity index (χ0v) is 17.4. The molecular weight excluding hydrogens is 376 g/mol. The largest absolute Gasteiger partial charge is 0.497 e.